The van der Waals surface area contributed by atoms with Crippen LogP contribution in [-0.2, 0) is 19.1 Å². The van der Waals surface area contributed by atoms with Gasteiger partial charge in [-0.25, -0.2) is 9.59 Å². The van der Waals surface area contributed by atoms with E-state index in [2.05, 4.69) is 0 Å². The molecule has 4 saturated carbocycles. The Morgan fingerprint density at radius 1 is 0.931 bits per heavy atom. The van der Waals surface area contributed by atoms with Crippen molar-refractivity contribution in [1.82, 2.24) is 0 Å². The highest BCUT2D eigenvalue weighted by Gasteiger charge is 2.62. The molecule has 2 unspecified atom stereocenters. The average molecular weight is 434 g/mol. The number of alkyl halides is 7. The summed E-state index contributed by atoms with van der Waals surface area (Å²) in [6, 6.07) is 0. The maximum absolute atomic E-state index is 13.7. The first-order chi connectivity index (χ1) is 13.0. The molecule has 0 aromatic rings. The molecule has 4 aliphatic rings. The molecule has 0 aliphatic heterocycles. The summed E-state index contributed by atoms with van der Waals surface area (Å²) in [6.45, 7) is 0.0154. The topological polar surface area (TPSA) is 52.6 Å². The second-order valence-electron chi connectivity index (χ2n) is 8.99. The van der Waals surface area contributed by atoms with Crippen LogP contribution in [0.5, 0.6) is 0 Å². The highest BCUT2D eigenvalue weighted by Crippen LogP contribution is 2.63. The van der Waals surface area contributed by atoms with Gasteiger partial charge in [0.05, 0.1) is 6.61 Å². The molecule has 4 nitrogen and oxygen atoms in total. The number of hydrogen-bond donors (Lipinski definition) is 0. The van der Waals surface area contributed by atoms with Gasteiger partial charge < -0.3 is 9.47 Å². The van der Waals surface area contributed by atoms with Gasteiger partial charge in [0.25, 0.3) is 0 Å². The van der Waals surface area contributed by atoms with Crippen molar-refractivity contribution < 1.29 is 49.8 Å². The zero-order chi connectivity index (χ0) is 21.9. The van der Waals surface area contributed by atoms with E-state index in [-0.39, 0.29) is 37.7 Å². The van der Waals surface area contributed by atoms with Gasteiger partial charge in [-0.2, -0.15) is 30.7 Å². The molecule has 0 spiro atoms. The predicted octanol–water partition coefficient (Wildman–Crippen LogP) is 4.65. The third-order valence-corrected chi connectivity index (χ3v) is 6.03. The lowest BCUT2D eigenvalue weighted by Crippen LogP contribution is -2.60. The van der Waals surface area contributed by atoms with E-state index in [4.69, 9.17) is 9.47 Å². The number of hydrogen-bond acceptors (Lipinski definition) is 4. The maximum Gasteiger partial charge on any atom is 0.395 e. The van der Waals surface area contributed by atoms with Gasteiger partial charge in [-0.3, -0.25) is 0 Å². The lowest BCUT2D eigenvalue weighted by molar-refractivity contribution is -0.241. The van der Waals surface area contributed by atoms with E-state index in [1.807, 2.05) is 0 Å². The molecule has 2 atom stereocenters. The molecular weight excluding hydrogens is 413 g/mol. The van der Waals surface area contributed by atoms with Crippen molar-refractivity contribution in [3.05, 3.63) is 0 Å². The van der Waals surface area contributed by atoms with Crippen molar-refractivity contribution in [2.75, 3.05) is 6.61 Å². The SMILES string of the molecule is CC(F)(F)C(=O)OCC12CC3CC(C1)CC(OC(=O)C(F)(F)CC(F)(F)F)(C3)C2. The first-order valence-corrected chi connectivity index (χ1v) is 9.26. The van der Waals surface area contributed by atoms with Gasteiger partial charge in [-0.1, -0.05) is 0 Å². The Bertz CT molecular complexity index is 669. The summed E-state index contributed by atoms with van der Waals surface area (Å²) in [5, 5.41) is 0. The Labute approximate surface area is 162 Å². The molecule has 11 heteroatoms. The average Bonchev–Trinajstić information content (AvgIpc) is 2.47. The summed E-state index contributed by atoms with van der Waals surface area (Å²) in [7, 11) is 0. The molecule has 166 valence electrons. The fourth-order valence-corrected chi connectivity index (χ4v) is 5.59. The van der Waals surface area contributed by atoms with Crippen LogP contribution < -0.4 is 0 Å². The zero-order valence-electron chi connectivity index (χ0n) is 15.6. The Morgan fingerprint density at radius 3 is 1.97 bits per heavy atom. The van der Waals surface area contributed by atoms with Crippen LogP contribution in [0.4, 0.5) is 30.7 Å². The number of ether oxygens (including phenoxy) is 2. The Hall–Kier alpha value is -1.55. The van der Waals surface area contributed by atoms with E-state index >= 15 is 0 Å². The Kier molecular flexibility index (Phi) is 5.14. The molecule has 0 amide bonds. The van der Waals surface area contributed by atoms with E-state index in [9.17, 15) is 40.3 Å². The summed E-state index contributed by atoms with van der Waals surface area (Å²) < 4.78 is 100. The minimum Gasteiger partial charge on any atom is -0.461 e. The molecule has 29 heavy (non-hydrogen) atoms. The lowest BCUT2D eigenvalue weighted by atomic mass is 9.48. The van der Waals surface area contributed by atoms with Crippen LogP contribution in [0, 0.1) is 17.3 Å². The van der Waals surface area contributed by atoms with Gasteiger partial charge in [0.15, 0.2) is 0 Å². The summed E-state index contributed by atoms with van der Waals surface area (Å²) in [4.78, 5) is 23.3. The lowest BCUT2D eigenvalue weighted by Gasteiger charge is -2.60. The smallest absolute Gasteiger partial charge is 0.395 e. The van der Waals surface area contributed by atoms with Crippen LogP contribution in [0.25, 0.3) is 0 Å². The van der Waals surface area contributed by atoms with E-state index in [1.54, 1.807) is 0 Å². The predicted molar refractivity (Wildman–Crippen MR) is 83.1 cm³/mol. The third-order valence-electron chi connectivity index (χ3n) is 6.03. The number of carbonyl (C=O) groups excluding carboxylic acids is 2. The second kappa shape index (κ2) is 6.73. The molecule has 4 aliphatic carbocycles. The Morgan fingerprint density at radius 2 is 1.48 bits per heavy atom. The molecule has 0 radical (unpaired) electrons. The third kappa shape index (κ3) is 4.79. The highest BCUT2D eigenvalue weighted by atomic mass is 19.4. The summed E-state index contributed by atoms with van der Waals surface area (Å²) in [5.41, 5.74) is -2.21. The molecule has 4 bridgehead atoms. The fraction of sp³-hybridized carbons (Fsp3) is 0.889. The highest BCUT2D eigenvalue weighted by molar-refractivity contribution is 5.78. The molecule has 4 rings (SSSR count). The standard InChI is InChI=1S/C18H21F7O4/c1-14(19,20)12(26)28-9-15-3-10-2-11(4-15)6-16(5-10,7-15)29-13(27)17(21,22)8-18(23,24)25/h10-11H,2-9H2,1H3. The van der Waals surface area contributed by atoms with Gasteiger partial charge in [0.2, 0.25) is 0 Å². The van der Waals surface area contributed by atoms with Crippen LogP contribution in [0.1, 0.15) is 51.9 Å². The molecule has 0 aromatic heterocycles. The number of halogens is 7. The first kappa shape index (κ1) is 22.1. The zero-order valence-corrected chi connectivity index (χ0v) is 15.6. The first-order valence-electron chi connectivity index (χ1n) is 9.26. The summed E-state index contributed by atoms with van der Waals surface area (Å²) in [5.74, 6) is -12.5. The normalized spacial score (nSPS) is 34.2. The molecular formula is C18H21F7O4. The van der Waals surface area contributed by atoms with Crippen molar-refractivity contribution in [2.24, 2.45) is 17.3 Å². The van der Waals surface area contributed by atoms with Crippen LogP contribution >= 0.6 is 0 Å². The molecule has 4 fully saturated rings. The van der Waals surface area contributed by atoms with Crippen molar-refractivity contribution in [1.29, 1.82) is 0 Å². The van der Waals surface area contributed by atoms with E-state index in [0.717, 1.165) is 6.42 Å². The van der Waals surface area contributed by atoms with Crippen molar-refractivity contribution in [3.8, 4) is 0 Å². The molecule has 0 heterocycles. The van der Waals surface area contributed by atoms with E-state index < -0.39 is 47.4 Å². The van der Waals surface area contributed by atoms with Crippen LogP contribution in [0.15, 0.2) is 0 Å². The van der Waals surface area contributed by atoms with Crippen molar-refractivity contribution in [3.63, 3.8) is 0 Å². The fourth-order valence-electron chi connectivity index (χ4n) is 5.59. The van der Waals surface area contributed by atoms with Crippen LogP contribution in [-0.4, -0.2) is 42.2 Å². The van der Waals surface area contributed by atoms with Gasteiger partial charge in [-0.15, -0.1) is 0 Å². The van der Waals surface area contributed by atoms with Crippen LogP contribution in [0.2, 0.25) is 0 Å². The monoisotopic (exact) mass is 434 g/mol. The van der Waals surface area contributed by atoms with Crippen molar-refractivity contribution >= 4 is 11.9 Å². The number of esters is 2. The van der Waals surface area contributed by atoms with E-state index in [0.29, 0.717) is 19.8 Å². The summed E-state index contributed by atoms with van der Waals surface area (Å²) >= 11 is 0. The second-order valence-corrected chi connectivity index (χ2v) is 8.99. The Balaban J connectivity index is 1.73. The van der Waals surface area contributed by atoms with Crippen LogP contribution in [0.3, 0.4) is 0 Å². The largest absolute Gasteiger partial charge is 0.461 e. The van der Waals surface area contributed by atoms with Crippen molar-refractivity contribution in [2.45, 2.75) is 75.5 Å². The molecule has 0 N–H and O–H groups in total. The van der Waals surface area contributed by atoms with Gasteiger partial charge in [0.1, 0.15) is 12.0 Å². The maximum atomic E-state index is 13.7. The van der Waals surface area contributed by atoms with Gasteiger partial charge in [-0.05, 0) is 50.4 Å². The minimum atomic E-state index is -5.25. The van der Waals surface area contributed by atoms with Gasteiger partial charge >= 0.3 is 30.0 Å². The quantitative estimate of drug-likeness (QED) is 0.451. The number of carbonyl (C=O) groups is 2. The molecule has 0 aromatic carbocycles. The molecule has 0 saturated heterocycles. The summed E-state index contributed by atoms with van der Waals surface area (Å²) in [6.07, 6.45) is -5.73. The van der Waals surface area contributed by atoms with E-state index in [1.165, 1.54) is 0 Å². The number of rotatable bonds is 6. The minimum absolute atomic E-state index is 0.0105. The van der Waals surface area contributed by atoms with Gasteiger partial charge in [0, 0.05) is 12.3 Å².